The molecule has 114 valence electrons. The van der Waals surface area contributed by atoms with Crippen molar-refractivity contribution in [3.63, 3.8) is 0 Å². The van der Waals surface area contributed by atoms with E-state index in [9.17, 15) is 4.79 Å². The lowest BCUT2D eigenvalue weighted by atomic mass is 10.1. The zero-order valence-corrected chi connectivity index (χ0v) is 13.0. The second-order valence-corrected chi connectivity index (χ2v) is 5.27. The molecule has 0 amide bonds. The second-order valence-electron chi connectivity index (χ2n) is 5.27. The Kier molecular flexibility index (Phi) is 5.12. The maximum Gasteiger partial charge on any atom is 0.178 e. The average molecular weight is 290 g/mol. The van der Waals surface area contributed by atoms with E-state index < -0.39 is 0 Å². The maximum atomic E-state index is 12.5. The van der Waals surface area contributed by atoms with Crippen LogP contribution in [0.5, 0.6) is 0 Å². The number of hydrogen-bond donors (Lipinski definition) is 1. The van der Waals surface area contributed by atoms with Gasteiger partial charge in [-0.25, -0.2) is 0 Å². The van der Waals surface area contributed by atoms with E-state index >= 15 is 0 Å². The highest BCUT2D eigenvalue weighted by Gasteiger charge is 2.16. The van der Waals surface area contributed by atoms with Gasteiger partial charge in [-0.15, -0.1) is 0 Å². The van der Waals surface area contributed by atoms with Crippen molar-refractivity contribution in [1.82, 2.24) is 9.88 Å². The Hall–Kier alpha value is -1.69. The number of carbonyl (C=O) groups is 1. The van der Waals surface area contributed by atoms with Crippen molar-refractivity contribution < 1.29 is 14.3 Å². The lowest BCUT2D eigenvalue weighted by molar-refractivity contribution is -0.112. The number of carbonyl (C=O) groups excluding carboxylic acids is 1. The highest BCUT2D eigenvalue weighted by molar-refractivity contribution is 6.08. The second kappa shape index (κ2) is 6.85. The van der Waals surface area contributed by atoms with Crippen LogP contribution in [0.3, 0.4) is 0 Å². The third-order valence-electron chi connectivity index (χ3n) is 3.54. The van der Waals surface area contributed by atoms with E-state index in [4.69, 9.17) is 9.47 Å². The smallest absolute Gasteiger partial charge is 0.178 e. The van der Waals surface area contributed by atoms with Gasteiger partial charge in [-0.05, 0) is 26.1 Å². The molecule has 1 N–H and O–H groups in total. The third kappa shape index (κ3) is 3.69. The molecule has 1 heterocycles. The number of fused-ring (bicyclic) bond motifs is 1. The fourth-order valence-corrected chi connectivity index (χ4v) is 2.36. The zero-order valence-electron chi connectivity index (χ0n) is 13.0. The van der Waals surface area contributed by atoms with E-state index in [0.717, 1.165) is 22.0 Å². The van der Waals surface area contributed by atoms with E-state index in [1.807, 2.05) is 37.1 Å². The minimum atomic E-state index is -0.326. The number of rotatable bonds is 7. The lowest BCUT2D eigenvalue weighted by Crippen LogP contribution is -2.35. The number of Topliss-reactive ketones (excluding diaryl/α,β-unsaturated/α-hetero) is 1. The van der Waals surface area contributed by atoms with Gasteiger partial charge in [-0.2, -0.15) is 0 Å². The summed E-state index contributed by atoms with van der Waals surface area (Å²) in [5.74, 6) is 0.0836. The van der Waals surface area contributed by atoms with Gasteiger partial charge in [0.2, 0.25) is 0 Å². The van der Waals surface area contributed by atoms with Crippen molar-refractivity contribution in [2.45, 2.75) is 13.2 Å². The summed E-state index contributed by atoms with van der Waals surface area (Å²) in [6.45, 7) is 2.89. The molecule has 0 radical (unpaired) electrons. The SMILES string of the molecule is COC(CN(C)CC(=O)c1c[nH]c2ccc(C)cc12)OC. The first-order valence-electron chi connectivity index (χ1n) is 6.90. The highest BCUT2D eigenvalue weighted by atomic mass is 16.7. The quantitative estimate of drug-likeness (QED) is 0.627. The van der Waals surface area contributed by atoms with Crippen LogP contribution in [0.4, 0.5) is 0 Å². The number of likely N-dealkylation sites (N-methyl/N-ethyl adjacent to an activating group) is 1. The average Bonchev–Trinajstić information content (AvgIpc) is 2.87. The Bertz CT molecular complexity index is 617. The molecule has 0 bridgehead atoms. The number of hydrogen-bond acceptors (Lipinski definition) is 4. The molecule has 0 atom stereocenters. The fourth-order valence-electron chi connectivity index (χ4n) is 2.36. The molecule has 0 saturated carbocycles. The Balaban J connectivity index is 2.10. The molecule has 0 saturated heterocycles. The van der Waals surface area contributed by atoms with Crippen LogP contribution in [0, 0.1) is 6.92 Å². The van der Waals surface area contributed by atoms with Gasteiger partial charge in [0.25, 0.3) is 0 Å². The molecule has 0 aliphatic carbocycles. The minimum absolute atomic E-state index is 0.0836. The normalized spacial score (nSPS) is 11.7. The molecule has 5 nitrogen and oxygen atoms in total. The zero-order chi connectivity index (χ0) is 15.4. The predicted octanol–water partition coefficient (Wildman–Crippen LogP) is 2.21. The summed E-state index contributed by atoms with van der Waals surface area (Å²) in [6.07, 6.45) is 1.46. The number of methoxy groups -OCH3 is 2. The van der Waals surface area contributed by atoms with E-state index in [1.54, 1.807) is 20.4 Å². The third-order valence-corrected chi connectivity index (χ3v) is 3.54. The first-order chi connectivity index (χ1) is 10.0. The summed E-state index contributed by atoms with van der Waals surface area (Å²) in [4.78, 5) is 17.5. The van der Waals surface area contributed by atoms with Gasteiger partial charge in [0, 0.05) is 43.4 Å². The monoisotopic (exact) mass is 290 g/mol. The molecule has 1 aromatic heterocycles. The van der Waals surface area contributed by atoms with Crippen LogP contribution in [0.25, 0.3) is 10.9 Å². The number of benzene rings is 1. The largest absolute Gasteiger partial charge is 0.360 e. The van der Waals surface area contributed by atoms with E-state index in [0.29, 0.717) is 13.1 Å². The number of H-pyrrole nitrogens is 1. The first-order valence-corrected chi connectivity index (χ1v) is 6.90. The van der Waals surface area contributed by atoms with E-state index in [-0.39, 0.29) is 12.1 Å². The van der Waals surface area contributed by atoms with Gasteiger partial charge in [0.15, 0.2) is 12.1 Å². The minimum Gasteiger partial charge on any atom is -0.360 e. The molecule has 0 aliphatic rings. The molecular formula is C16H22N2O3. The van der Waals surface area contributed by atoms with Gasteiger partial charge >= 0.3 is 0 Å². The number of ketones is 1. The number of nitrogens with zero attached hydrogens (tertiary/aromatic N) is 1. The van der Waals surface area contributed by atoms with Crippen molar-refractivity contribution >= 4 is 16.7 Å². The van der Waals surface area contributed by atoms with Gasteiger partial charge in [-0.1, -0.05) is 11.6 Å². The van der Waals surface area contributed by atoms with Crippen LogP contribution in [-0.4, -0.2) is 56.3 Å². The molecule has 0 spiro atoms. The van der Waals surface area contributed by atoms with Crippen molar-refractivity contribution in [2.24, 2.45) is 0 Å². The molecule has 21 heavy (non-hydrogen) atoms. The van der Waals surface area contributed by atoms with Crippen LogP contribution >= 0.6 is 0 Å². The Morgan fingerprint density at radius 3 is 2.71 bits per heavy atom. The number of aromatic amines is 1. The maximum absolute atomic E-state index is 12.5. The van der Waals surface area contributed by atoms with E-state index in [2.05, 4.69) is 4.98 Å². The highest BCUT2D eigenvalue weighted by Crippen LogP contribution is 2.20. The number of ether oxygens (including phenoxy) is 2. The van der Waals surface area contributed by atoms with Crippen molar-refractivity contribution in [3.8, 4) is 0 Å². The van der Waals surface area contributed by atoms with Crippen LogP contribution in [0.15, 0.2) is 24.4 Å². The Morgan fingerprint density at radius 2 is 2.05 bits per heavy atom. The van der Waals surface area contributed by atoms with Gasteiger partial charge in [0.05, 0.1) is 6.54 Å². The van der Waals surface area contributed by atoms with E-state index in [1.165, 1.54) is 0 Å². The molecule has 2 rings (SSSR count). The summed E-state index contributed by atoms with van der Waals surface area (Å²) >= 11 is 0. The molecular weight excluding hydrogens is 268 g/mol. The summed E-state index contributed by atoms with van der Waals surface area (Å²) in [5, 5.41) is 0.975. The summed E-state index contributed by atoms with van der Waals surface area (Å²) in [5.41, 5.74) is 2.86. The van der Waals surface area contributed by atoms with Crippen LogP contribution < -0.4 is 0 Å². The topological polar surface area (TPSA) is 54.6 Å². The van der Waals surface area contributed by atoms with Crippen LogP contribution in [0.1, 0.15) is 15.9 Å². The predicted molar refractivity (Wildman–Crippen MR) is 82.7 cm³/mol. The molecule has 5 heteroatoms. The molecule has 0 aliphatic heterocycles. The van der Waals surface area contributed by atoms with Gasteiger partial charge < -0.3 is 14.5 Å². The summed E-state index contributed by atoms with van der Waals surface area (Å²) in [7, 11) is 5.06. The lowest BCUT2D eigenvalue weighted by Gasteiger charge is -2.21. The van der Waals surface area contributed by atoms with Crippen molar-refractivity contribution in [2.75, 3.05) is 34.4 Å². The molecule has 0 fully saturated rings. The first kappa shape index (κ1) is 15.7. The number of nitrogens with one attached hydrogen (secondary N) is 1. The fraction of sp³-hybridized carbons (Fsp3) is 0.438. The van der Waals surface area contributed by atoms with Crippen LogP contribution in [0.2, 0.25) is 0 Å². The standard InChI is InChI=1S/C16H22N2O3/c1-11-5-6-14-12(7-11)13(8-17-14)15(19)9-18(2)10-16(20-3)21-4/h5-8,16-17H,9-10H2,1-4H3. The summed E-state index contributed by atoms with van der Waals surface area (Å²) in [6, 6.07) is 6.06. The number of aryl methyl sites for hydroxylation is 1. The van der Waals surface area contributed by atoms with Crippen LogP contribution in [-0.2, 0) is 9.47 Å². The Morgan fingerprint density at radius 1 is 1.33 bits per heavy atom. The summed E-state index contributed by atoms with van der Waals surface area (Å²) < 4.78 is 10.3. The number of aromatic nitrogens is 1. The van der Waals surface area contributed by atoms with Gasteiger partial charge in [-0.3, -0.25) is 9.69 Å². The van der Waals surface area contributed by atoms with Crippen molar-refractivity contribution in [1.29, 1.82) is 0 Å². The Labute approximate surface area is 124 Å². The van der Waals surface area contributed by atoms with Gasteiger partial charge in [0.1, 0.15) is 0 Å². The molecule has 2 aromatic rings. The molecule has 0 unspecified atom stereocenters. The molecule has 1 aromatic carbocycles. The van der Waals surface area contributed by atoms with Crippen molar-refractivity contribution in [3.05, 3.63) is 35.5 Å².